The van der Waals surface area contributed by atoms with Gasteiger partial charge in [-0.3, -0.25) is 9.59 Å². The largest absolute Gasteiger partial charge is 0.343 e. The molecule has 0 unspecified atom stereocenters. The number of carbonyl (C=O) groups is 2. The van der Waals surface area contributed by atoms with Gasteiger partial charge in [-0.05, 0) is 25.3 Å². The Bertz CT molecular complexity index is 479. The summed E-state index contributed by atoms with van der Waals surface area (Å²) in [5.74, 6) is 0.395. The predicted molar refractivity (Wildman–Crippen MR) is 82.5 cm³/mol. The van der Waals surface area contributed by atoms with Gasteiger partial charge in [-0.2, -0.15) is 0 Å². The summed E-state index contributed by atoms with van der Waals surface area (Å²) >= 11 is 0. The van der Waals surface area contributed by atoms with E-state index in [1.165, 1.54) is 0 Å². The molecule has 0 spiro atoms. The first-order chi connectivity index (χ1) is 10.1. The summed E-state index contributed by atoms with van der Waals surface area (Å²) in [5.41, 5.74) is 1.16. The zero-order valence-corrected chi connectivity index (χ0v) is 12.9. The molecule has 4 heteroatoms. The molecule has 1 aliphatic rings. The zero-order valence-electron chi connectivity index (χ0n) is 12.9. The molecule has 1 fully saturated rings. The van der Waals surface area contributed by atoms with Crippen molar-refractivity contribution < 1.29 is 9.59 Å². The van der Waals surface area contributed by atoms with Gasteiger partial charge in [0.15, 0.2) is 0 Å². The molecule has 2 rings (SSSR count). The zero-order chi connectivity index (χ0) is 15.2. The van der Waals surface area contributed by atoms with E-state index in [1.807, 2.05) is 47.1 Å². The fourth-order valence-electron chi connectivity index (χ4n) is 2.85. The highest BCUT2D eigenvalue weighted by molar-refractivity contribution is 5.79. The Morgan fingerprint density at radius 3 is 2.33 bits per heavy atom. The summed E-state index contributed by atoms with van der Waals surface area (Å²) in [6.45, 7) is 6.41. The second-order valence-corrected chi connectivity index (χ2v) is 5.62. The van der Waals surface area contributed by atoms with Crippen LogP contribution in [0.25, 0.3) is 0 Å². The third-order valence-electron chi connectivity index (χ3n) is 4.20. The van der Waals surface area contributed by atoms with Gasteiger partial charge in [-0.1, -0.05) is 30.3 Å². The van der Waals surface area contributed by atoms with Crippen LogP contribution in [0.5, 0.6) is 0 Å². The van der Waals surface area contributed by atoms with Crippen molar-refractivity contribution in [2.75, 3.05) is 19.6 Å². The predicted octanol–water partition coefficient (Wildman–Crippen LogP) is 2.29. The van der Waals surface area contributed by atoms with E-state index in [4.69, 9.17) is 0 Å². The van der Waals surface area contributed by atoms with Crippen LogP contribution in [-0.2, 0) is 16.1 Å². The van der Waals surface area contributed by atoms with Crippen molar-refractivity contribution in [2.45, 2.75) is 33.2 Å². The minimum absolute atomic E-state index is 0.0595. The molecule has 114 valence electrons. The maximum Gasteiger partial charge on any atom is 0.226 e. The van der Waals surface area contributed by atoms with Crippen LogP contribution in [0.4, 0.5) is 0 Å². The number of hydrogen-bond donors (Lipinski definition) is 0. The van der Waals surface area contributed by atoms with Gasteiger partial charge in [-0.25, -0.2) is 0 Å². The Hall–Kier alpha value is -1.84. The van der Waals surface area contributed by atoms with Gasteiger partial charge < -0.3 is 9.80 Å². The van der Waals surface area contributed by atoms with Gasteiger partial charge in [0.05, 0.1) is 0 Å². The maximum absolute atomic E-state index is 12.6. The first-order valence-corrected chi connectivity index (χ1v) is 7.70. The van der Waals surface area contributed by atoms with Gasteiger partial charge in [0.1, 0.15) is 0 Å². The Morgan fingerprint density at radius 1 is 1.19 bits per heavy atom. The van der Waals surface area contributed by atoms with Crippen molar-refractivity contribution in [3.8, 4) is 0 Å². The molecule has 1 aliphatic heterocycles. The SMILES string of the molecule is CCN(Cc1ccccc1)C(=O)C1CCN(C(C)=O)CC1. The molecule has 1 saturated heterocycles. The summed E-state index contributed by atoms with van der Waals surface area (Å²) in [6.07, 6.45) is 1.56. The van der Waals surface area contributed by atoms with E-state index in [-0.39, 0.29) is 17.7 Å². The van der Waals surface area contributed by atoms with E-state index in [9.17, 15) is 9.59 Å². The average Bonchev–Trinajstić information content (AvgIpc) is 2.53. The summed E-state index contributed by atoms with van der Waals surface area (Å²) in [5, 5.41) is 0. The Morgan fingerprint density at radius 2 is 1.81 bits per heavy atom. The molecule has 1 aromatic rings. The lowest BCUT2D eigenvalue weighted by Crippen LogP contribution is -2.43. The minimum Gasteiger partial charge on any atom is -0.343 e. The van der Waals surface area contributed by atoms with E-state index >= 15 is 0 Å². The van der Waals surface area contributed by atoms with Crippen LogP contribution in [0.1, 0.15) is 32.3 Å². The Labute approximate surface area is 126 Å². The lowest BCUT2D eigenvalue weighted by atomic mass is 9.95. The fourth-order valence-corrected chi connectivity index (χ4v) is 2.85. The highest BCUT2D eigenvalue weighted by atomic mass is 16.2. The van der Waals surface area contributed by atoms with Crippen molar-refractivity contribution in [1.82, 2.24) is 9.80 Å². The quantitative estimate of drug-likeness (QED) is 0.853. The number of likely N-dealkylation sites (tertiary alicyclic amines) is 1. The fraction of sp³-hybridized carbons (Fsp3) is 0.529. The molecular weight excluding hydrogens is 264 g/mol. The van der Waals surface area contributed by atoms with Crippen LogP contribution >= 0.6 is 0 Å². The van der Waals surface area contributed by atoms with Gasteiger partial charge in [0.2, 0.25) is 11.8 Å². The van der Waals surface area contributed by atoms with Crippen LogP contribution in [0, 0.1) is 5.92 Å². The topological polar surface area (TPSA) is 40.6 Å². The van der Waals surface area contributed by atoms with Crippen molar-refractivity contribution in [2.24, 2.45) is 5.92 Å². The molecule has 0 N–H and O–H groups in total. The van der Waals surface area contributed by atoms with Gasteiger partial charge in [-0.15, -0.1) is 0 Å². The monoisotopic (exact) mass is 288 g/mol. The Balaban J connectivity index is 1.93. The summed E-state index contributed by atoms with van der Waals surface area (Å²) in [4.78, 5) is 27.7. The van der Waals surface area contributed by atoms with Crippen LogP contribution in [-0.4, -0.2) is 41.2 Å². The normalized spacial score (nSPS) is 15.8. The van der Waals surface area contributed by atoms with Crippen LogP contribution in [0.3, 0.4) is 0 Å². The van der Waals surface area contributed by atoms with Crippen LogP contribution < -0.4 is 0 Å². The van der Waals surface area contributed by atoms with Gasteiger partial charge in [0, 0.05) is 39.0 Å². The number of nitrogens with zero attached hydrogens (tertiary/aromatic N) is 2. The van der Waals surface area contributed by atoms with Crippen LogP contribution in [0.2, 0.25) is 0 Å². The molecule has 0 bridgehead atoms. The second kappa shape index (κ2) is 7.25. The second-order valence-electron chi connectivity index (χ2n) is 5.62. The molecule has 4 nitrogen and oxygen atoms in total. The first kappa shape index (κ1) is 15.5. The molecule has 2 amide bonds. The third-order valence-corrected chi connectivity index (χ3v) is 4.20. The van der Waals surface area contributed by atoms with E-state index in [0.29, 0.717) is 19.6 Å². The molecule has 21 heavy (non-hydrogen) atoms. The Kier molecular flexibility index (Phi) is 5.37. The molecule has 0 radical (unpaired) electrons. The van der Waals surface area contributed by atoms with E-state index in [1.54, 1.807) is 6.92 Å². The minimum atomic E-state index is 0.0595. The number of rotatable bonds is 4. The van der Waals surface area contributed by atoms with Crippen molar-refractivity contribution >= 4 is 11.8 Å². The molecule has 0 aromatic heterocycles. The standard InChI is InChI=1S/C17H24N2O2/c1-3-18(13-15-7-5-4-6-8-15)17(21)16-9-11-19(12-10-16)14(2)20/h4-8,16H,3,9-13H2,1-2H3. The lowest BCUT2D eigenvalue weighted by molar-refractivity contribution is -0.140. The summed E-state index contributed by atoms with van der Waals surface area (Å²) in [7, 11) is 0. The van der Waals surface area contributed by atoms with E-state index < -0.39 is 0 Å². The molecule has 1 aromatic carbocycles. The maximum atomic E-state index is 12.6. The van der Waals surface area contributed by atoms with Crippen molar-refractivity contribution in [1.29, 1.82) is 0 Å². The average molecular weight is 288 g/mol. The summed E-state index contributed by atoms with van der Waals surface area (Å²) < 4.78 is 0. The molecule has 0 atom stereocenters. The highest BCUT2D eigenvalue weighted by Crippen LogP contribution is 2.20. The number of piperidine rings is 1. The van der Waals surface area contributed by atoms with Crippen LogP contribution in [0.15, 0.2) is 30.3 Å². The summed E-state index contributed by atoms with van der Waals surface area (Å²) in [6, 6.07) is 10.1. The molecule has 1 heterocycles. The number of hydrogen-bond acceptors (Lipinski definition) is 2. The molecular formula is C17H24N2O2. The van der Waals surface area contributed by atoms with Crippen molar-refractivity contribution in [3.05, 3.63) is 35.9 Å². The molecule has 0 aliphatic carbocycles. The smallest absolute Gasteiger partial charge is 0.226 e. The highest BCUT2D eigenvalue weighted by Gasteiger charge is 2.28. The number of benzene rings is 1. The van der Waals surface area contributed by atoms with Crippen molar-refractivity contribution in [3.63, 3.8) is 0 Å². The molecule has 0 saturated carbocycles. The number of amides is 2. The third kappa shape index (κ3) is 4.06. The first-order valence-electron chi connectivity index (χ1n) is 7.70. The van der Waals surface area contributed by atoms with E-state index in [2.05, 4.69) is 0 Å². The lowest BCUT2D eigenvalue weighted by Gasteiger charge is -2.33. The van der Waals surface area contributed by atoms with Gasteiger partial charge >= 0.3 is 0 Å². The van der Waals surface area contributed by atoms with E-state index in [0.717, 1.165) is 24.9 Å². The van der Waals surface area contributed by atoms with Gasteiger partial charge in [0.25, 0.3) is 0 Å². The number of carbonyl (C=O) groups excluding carboxylic acids is 2.